The first-order chi connectivity index (χ1) is 7.72. The van der Waals surface area contributed by atoms with Crippen molar-refractivity contribution in [1.29, 1.82) is 0 Å². The quantitative estimate of drug-likeness (QED) is 0.718. The van der Waals surface area contributed by atoms with Gasteiger partial charge in [-0.2, -0.15) is 0 Å². The number of para-hydroxylation sites is 1. The van der Waals surface area contributed by atoms with Gasteiger partial charge in [-0.3, -0.25) is 4.79 Å². The average molecular weight is 220 g/mol. The van der Waals surface area contributed by atoms with Crippen LogP contribution >= 0.6 is 0 Å². The molecule has 1 saturated heterocycles. The molecule has 1 heterocycles. The number of rotatable bonds is 2. The zero-order chi connectivity index (χ0) is 11.5. The van der Waals surface area contributed by atoms with Crippen LogP contribution in [0, 0.1) is 0 Å². The summed E-state index contributed by atoms with van der Waals surface area (Å²) in [4.78, 5) is 11.2. The molecule has 1 fully saturated rings. The Morgan fingerprint density at radius 1 is 1.38 bits per heavy atom. The van der Waals surface area contributed by atoms with Crippen LogP contribution in [0.2, 0.25) is 0 Å². The molecule has 2 atom stereocenters. The van der Waals surface area contributed by atoms with Gasteiger partial charge in [0.1, 0.15) is 11.9 Å². The highest BCUT2D eigenvalue weighted by Crippen LogP contribution is 2.36. The summed E-state index contributed by atoms with van der Waals surface area (Å²) in [5.41, 5.74) is 1.13. The molecule has 3 nitrogen and oxygen atoms in total. The van der Waals surface area contributed by atoms with Gasteiger partial charge in [0.25, 0.3) is 0 Å². The molecule has 0 N–H and O–H groups in total. The second-order valence-electron chi connectivity index (χ2n) is 4.08. The normalized spacial score (nSPS) is 25.0. The smallest absolute Gasteiger partial charge is 0.306 e. The second-order valence-corrected chi connectivity index (χ2v) is 4.08. The number of carbonyl (C=O) groups excluding carboxylic acids is 1. The van der Waals surface area contributed by atoms with E-state index in [1.54, 1.807) is 7.11 Å². The van der Waals surface area contributed by atoms with E-state index in [2.05, 4.69) is 0 Å². The Morgan fingerprint density at radius 2 is 2.12 bits per heavy atom. The zero-order valence-electron chi connectivity index (χ0n) is 9.60. The summed E-state index contributed by atoms with van der Waals surface area (Å²) < 4.78 is 10.6. The molecule has 0 bridgehead atoms. The fourth-order valence-electron chi connectivity index (χ4n) is 2.24. The molecule has 0 aromatic heterocycles. The Hall–Kier alpha value is -1.51. The summed E-state index contributed by atoms with van der Waals surface area (Å²) in [7, 11) is 1.67. The lowest BCUT2D eigenvalue weighted by atomic mass is 9.87. The second kappa shape index (κ2) is 4.56. The minimum Gasteiger partial charge on any atom is -0.496 e. The van der Waals surface area contributed by atoms with E-state index in [1.807, 2.05) is 31.2 Å². The zero-order valence-corrected chi connectivity index (χ0v) is 9.60. The minimum absolute atomic E-state index is 0.0717. The van der Waals surface area contributed by atoms with Crippen molar-refractivity contribution in [3.8, 4) is 5.75 Å². The van der Waals surface area contributed by atoms with Gasteiger partial charge in [0.2, 0.25) is 0 Å². The Morgan fingerprint density at radius 3 is 2.81 bits per heavy atom. The monoisotopic (exact) mass is 220 g/mol. The van der Waals surface area contributed by atoms with Crippen molar-refractivity contribution in [1.82, 2.24) is 0 Å². The summed E-state index contributed by atoms with van der Waals surface area (Å²) in [5.74, 6) is 1.02. The standard InChI is InChI=1S/C13H16O3/c1-9-10(7-8-13(14)16-9)11-5-3-4-6-12(11)15-2/h3-6,9-10H,7-8H2,1-2H3/t9-,10+/m0/s1. The maximum atomic E-state index is 11.2. The molecule has 0 amide bonds. The molecule has 1 aromatic carbocycles. The Kier molecular flexibility index (Phi) is 3.13. The SMILES string of the molecule is COc1ccccc1[C@@H]1CCC(=O)O[C@H]1C. The average Bonchev–Trinajstić information content (AvgIpc) is 2.29. The molecule has 1 aliphatic heterocycles. The number of ether oxygens (including phenoxy) is 2. The van der Waals surface area contributed by atoms with Gasteiger partial charge in [-0.1, -0.05) is 18.2 Å². The first-order valence-electron chi connectivity index (χ1n) is 5.54. The van der Waals surface area contributed by atoms with Gasteiger partial charge in [0.15, 0.2) is 0 Å². The van der Waals surface area contributed by atoms with Crippen LogP contribution in [0.5, 0.6) is 5.75 Å². The van der Waals surface area contributed by atoms with Crippen LogP contribution in [0.4, 0.5) is 0 Å². The van der Waals surface area contributed by atoms with E-state index in [4.69, 9.17) is 9.47 Å². The summed E-state index contributed by atoms with van der Waals surface area (Å²) in [6, 6.07) is 7.92. The molecule has 1 aromatic rings. The summed E-state index contributed by atoms with van der Waals surface area (Å²) in [6.45, 7) is 1.94. The third-order valence-corrected chi connectivity index (χ3v) is 3.08. The van der Waals surface area contributed by atoms with Crippen molar-refractivity contribution in [2.45, 2.75) is 31.8 Å². The van der Waals surface area contributed by atoms with Crippen LogP contribution in [-0.4, -0.2) is 19.2 Å². The number of cyclic esters (lactones) is 1. The van der Waals surface area contributed by atoms with Crippen molar-refractivity contribution in [2.75, 3.05) is 7.11 Å². The molecule has 3 heteroatoms. The van der Waals surface area contributed by atoms with Gasteiger partial charge < -0.3 is 9.47 Å². The van der Waals surface area contributed by atoms with Crippen molar-refractivity contribution in [2.24, 2.45) is 0 Å². The van der Waals surface area contributed by atoms with Gasteiger partial charge in [-0.05, 0) is 19.4 Å². The Bertz CT molecular complexity index is 387. The van der Waals surface area contributed by atoms with Crippen LogP contribution in [0.1, 0.15) is 31.2 Å². The molecule has 0 aliphatic carbocycles. The van der Waals surface area contributed by atoms with Crippen molar-refractivity contribution < 1.29 is 14.3 Å². The fraction of sp³-hybridized carbons (Fsp3) is 0.462. The van der Waals surface area contributed by atoms with Gasteiger partial charge in [-0.25, -0.2) is 0 Å². The van der Waals surface area contributed by atoms with Gasteiger partial charge in [0.05, 0.1) is 7.11 Å². The molecular formula is C13H16O3. The molecule has 0 saturated carbocycles. The lowest BCUT2D eigenvalue weighted by molar-refractivity contribution is -0.154. The molecule has 0 spiro atoms. The molecular weight excluding hydrogens is 204 g/mol. The Labute approximate surface area is 95.4 Å². The molecule has 0 unspecified atom stereocenters. The van der Waals surface area contributed by atoms with Gasteiger partial charge in [-0.15, -0.1) is 0 Å². The number of methoxy groups -OCH3 is 1. The fourth-order valence-corrected chi connectivity index (χ4v) is 2.24. The van der Waals surface area contributed by atoms with Crippen LogP contribution in [0.15, 0.2) is 24.3 Å². The van der Waals surface area contributed by atoms with Crippen LogP contribution < -0.4 is 4.74 Å². The third kappa shape index (κ3) is 2.03. The number of carbonyl (C=O) groups is 1. The molecule has 2 rings (SSSR count). The van der Waals surface area contributed by atoms with E-state index >= 15 is 0 Å². The predicted octanol–water partition coefficient (Wildman–Crippen LogP) is 2.50. The number of hydrogen-bond acceptors (Lipinski definition) is 3. The summed E-state index contributed by atoms with van der Waals surface area (Å²) in [5, 5.41) is 0. The van der Waals surface area contributed by atoms with Crippen molar-refractivity contribution >= 4 is 5.97 Å². The van der Waals surface area contributed by atoms with E-state index in [0.29, 0.717) is 6.42 Å². The number of hydrogen-bond donors (Lipinski definition) is 0. The Balaban J connectivity index is 2.26. The van der Waals surface area contributed by atoms with Crippen LogP contribution in [0.3, 0.4) is 0 Å². The maximum absolute atomic E-state index is 11.2. The van der Waals surface area contributed by atoms with Crippen molar-refractivity contribution in [3.05, 3.63) is 29.8 Å². The summed E-state index contributed by atoms with van der Waals surface area (Å²) >= 11 is 0. The van der Waals surface area contributed by atoms with Crippen LogP contribution in [-0.2, 0) is 9.53 Å². The van der Waals surface area contributed by atoms with Crippen LogP contribution in [0.25, 0.3) is 0 Å². The highest BCUT2D eigenvalue weighted by Gasteiger charge is 2.30. The van der Waals surface area contributed by atoms with E-state index in [-0.39, 0.29) is 18.0 Å². The molecule has 86 valence electrons. The van der Waals surface area contributed by atoms with E-state index in [0.717, 1.165) is 17.7 Å². The highest BCUT2D eigenvalue weighted by molar-refractivity contribution is 5.70. The summed E-state index contributed by atoms with van der Waals surface area (Å²) in [6.07, 6.45) is 1.26. The number of esters is 1. The molecule has 16 heavy (non-hydrogen) atoms. The first kappa shape index (κ1) is 11.0. The molecule has 0 radical (unpaired) electrons. The first-order valence-corrected chi connectivity index (χ1v) is 5.54. The lowest BCUT2D eigenvalue weighted by Gasteiger charge is -2.29. The largest absolute Gasteiger partial charge is 0.496 e. The van der Waals surface area contributed by atoms with E-state index in [9.17, 15) is 4.79 Å². The van der Waals surface area contributed by atoms with Gasteiger partial charge in [0, 0.05) is 17.9 Å². The highest BCUT2D eigenvalue weighted by atomic mass is 16.5. The molecule has 1 aliphatic rings. The predicted molar refractivity (Wildman–Crippen MR) is 60.5 cm³/mol. The van der Waals surface area contributed by atoms with E-state index in [1.165, 1.54) is 0 Å². The van der Waals surface area contributed by atoms with Gasteiger partial charge >= 0.3 is 5.97 Å². The number of benzene rings is 1. The van der Waals surface area contributed by atoms with E-state index < -0.39 is 0 Å². The van der Waals surface area contributed by atoms with Crippen molar-refractivity contribution in [3.63, 3.8) is 0 Å². The minimum atomic E-state index is -0.0985. The third-order valence-electron chi connectivity index (χ3n) is 3.08. The lowest BCUT2D eigenvalue weighted by Crippen LogP contribution is -2.28. The maximum Gasteiger partial charge on any atom is 0.306 e. The topological polar surface area (TPSA) is 35.5 Å².